The minimum Gasteiger partial charge on any atom is -0.381 e. The second kappa shape index (κ2) is 8.92. The number of anilines is 2. The number of nitrogens with zero attached hydrogens (tertiary/aromatic N) is 4. The zero-order valence-corrected chi connectivity index (χ0v) is 19.7. The molecule has 35 heavy (non-hydrogen) atoms. The van der Waals surface area contributed by atoms with Crippen LogP contribution in [0.15, 0.2) is 83.7 Å². The maximum Gasteiger partial charge on any atom is 0.348 e. The van der Waals surface area contributed by atoms with Crippen LogP contribution < -0.4 is 15.9 Å². The molecule has 6 rings (SSSR count). The van der Waals surface area contributed by atoms with Crippen LogP contribution in [0.1, 0.15) is 5.56 Å². The summed E-state index contributed by atoms with van der Waals surface area (Å²) in [5, 5.41) is 11.3. The van der Waals surface area contributed by atoms with Gasteiger partial charge >= 0.3 is 5.69 Å². The second-order valence-electron chi connectivity index (χ2n) is 9.19. The third kappa shape index (κ3) is 4.15. The number of para-hydroxylation sites is 1. The van der Waals surface area contributed by atoms with Gasteiger partial charge in [0.15, 0.2) is 5.65 Å². The summed E-state index contributed by atoms with van der Waals surface area (Å²) in [5.74, 6) is 0. The molecule has 3 heterocycles. The Labute approximate surface area is 203 Å². The first-order valence-corrected chi connectivity index (χ1v) is 12.0. The average Bonchev–Trinajstić information content (AvgIpc) is 3.29. The Bertz CT molecular complexity index is 1530. The molecular weight excluding hydrogens is 436 g/mol. The fourth-order valence-electron chi connectivity index (χ4n) is 4.84. The summed E-state index contributed by atoms with van der Waals surface area (Å²) in [6.45, 7) is 5.13. The lowest BCUT2D eigenvalue weighted by Crippen LogP contribution is -2.44. The number of hydrogen-bond acceptors (Lipinski definition) is 5. The van der Waals surface area contributed by atoms with Crippen LogP contribution in [0.4, 0.5) is 11.4 Å². The van der Waals surface area contributed by atoms with E-state index in [4.69, 9.17) is 0 Å². The largest absolute Gasteiger partial charge is 0.381 e. The number of aromatic amines is 1. The van der Waals surface area contributed by atoms with Gasteiger partial charge < -0.3 is 15.1 Å². The van der Waals surface area contributed by atoms with E-state index < -0.39 is 0 Å². The highest BCUT2D eigenvalue weighted by molar-refractivity contribution is 5.97. The fourth-order valence-corrected chi connectivity index (χ4v) is 4.84. The van der Waals surface area contributed by atoms with E-state index in [0.29, 0.717) is 5.65 Å². The van der Waals surface area contributed by atoms with Gasteiger partial charge in [0, 0.05) is 49.5 Å². The normalized spacial score (nSPS) is 14.6. The lowest BCUT2D eigenvalue weighted by molar-refractivity contribution is 0.313. The lowest BCUT2D eigenvalue weighted by Gasteiger charge is -2.34. The van der Waals surface area contributed by atoms with Crippen molar-refractivity contribution in [3.63, 3.8) is 0 Å². The third-order valence-corrected chi connectivity index (χ3v) is 6.90. The molecule has 0 radical (unpaired) electrons. The van der Waals surface area contributed by atoms with Crippen molar-refractivity contribution in [1.82, 2.24) is 19.5 Å². The molecular formula is C28H28N6O. The van der Waals surface area contributed by atoms with Crippen molar-refractivity contribution >= 4 is 27.9 Å². The zero-order chi connectivity index (χ0) is 23.8. The molecule has 1 aliphatic heterocycles. The summed E-state index contributed by atoms with van der Waals surface area (Å²) in [7, 11) is 2.18. The average molecular weight is 465 g/mol. The molecule has 2 N–H and O–H groups in total. The predicted molar refractivity (Wildman–Crippen MR) is 142 cm³/mol. The molecule has 3 aromatic carbocycles. The van der Waals surface area contributed by atoms with Crippen LogP contribution in [0, 0.1) is 0 Å². The van der Waals surface area contributed by atoms with E-state index in [9.17, 15) is 4.79 Å². The maximum atomic E-state index is 12.2. The zero-order valence-electron chi connectivity index (χ0n) is 19.7. The highest BCUT2D eigenvalue weighted by Gasteiger charge is 2.14. The number of fused-ring (bicyclic) bond motifs is 3. The topological polar surface area (TPSA) is 68.7 Å². The molecule has 0 unspecified atom stereocenters. The number of benzene rings is 3. The predicted octanol–water partition coefficient (Wildman–Crippen LogP) is 4.21. The molecule has 0 saturated carbocycles. The van der Waals surface area contributed by atoms with Gasteiger partial charge in [-0.25, -0.2) is 14.3 Å². The minimum atomic E-state index is -0.222. The summed E-state index contributed by atoms with van der Waals surface area (Å²) in [6, 6.07) is 27.2. The number of pyridine rings is 1. The van der Waals surface area contributed by atoms with Gasteiger partial charge in [-0.15, -0.1) is 0 Å². The standard InChI is InChI=1S/C28H28N6O/c1-32-14-16-33(17-15-32)23-12-10-22(11-13-23)29-19-20-6-8-21(9-7-20)25-18-27-30-31-28(35)34(27)26-5-3-2-4-24(25)26/h2-13,18,29H,14-17,19H2,1H3,(H,31,35). The molecule has 1 aliphatic rings. The number of hydrogen-bond donors (Lipinski definition) is 2. The van der Waals surface area contributed by atoms with Crippen LogP contribution in [0.2, 0.25) is 0 Å². The third-order valence-electron chi connectivity index (χ3n) is 6.90. The van der Waals surface area contributed by atoms with Gasteiger partial charge in [-0.2, -0.15) is 5.10 Å². The first-order chi connectivity index (χ1) is 17.2. The van der Waals surface area contributed by atoms with Crippen molar-refractivity contribution < 1.29 is 0 Å². The summed E-state index contributed by atoms with van der Waals surface area (Å²) < 4.78 is 1.62. The number of aromatic nitrogens is 3. The smallest absolute Gasteiger partial charge is 0.348 e. The highest BCUT2D eigenvalue weighted by atomic mass is 16.1. The van der Waals surface area contributed by atoms with Gasteiger partial charge in [-0.3, -0.25) is 0 Å². The summed E-state index contributed by atoms with van der Waals surface area (Å²) in [5.41, 5.74) is 7.02. The molecule has 1 fully saturated rings. The van der Waals surface area contributed by atoms with E-state index in [1.165, 1.54) is 11.3 Å². The molecule has 0 atom stereocenters. The maximum absolute atomic E-state index is 12.2. The van der Waals surface area contributed by atoms with Crippen molar-refractivity contribution in [2.45, 2.75) is 6.54 Å². The molecule has 0 spiro atoms. The van der Waals surface area contributed by atoms with Crippen molar-refractivity contribution in [3.05, 3.63) is 94.9 Å². The Morgan fingerprint density at radius 2 is 1.66 bits per heavy atom. The van der Waals surface area contributed by atoms with Crippen molar-refractivity contribution in [1.29, 1.82) is 0 Å². The van der Waals surface area contributed by atoms with Crippen LogP contribution in [0.25, 0.3) is 27.7 Å². The summed E-state index contributed by atoms with van der Waals surface area (Å²) in [4.78, 5) is 17.0. The SMILES string of the molecule is CN1CCN(c2ccc(NCc3ccc(-c4cc5n[nH]c(=O)n5c5ccccc45)cc3)cc2)CC1. The molecule has 7 nitrogen and oxygen atoms in total. The molecule has 0 amide bonds. The lowest BCUT2D eigenvalue weighted by atomic mass is 10.00. The highest BCUT2D eigenvalue weighted by Crippen LogP contribution is 2.30. The van der Waals surface area contributed by atoms with Gasteiger partial charge in [0.2, 0.25) is 0 Å². The number of rotatable bonds is 5. The second-order valence-corrected chi connectivity index (χ2v) is 9.19. The van der Waals surface area contributed by atoms with E-state index in [1.807, 2.05) is 30.3 Å². The van der Waals surface area contributed by atoms with Gasteiger partial charge in [0.05, 0.1) is 5.52 Å². The van der Waals surface area contributed by atoms with E-state index >= 15 is 0 Å². The summed E-state index contributed by atoms with van der Waals surface area (Å²) >= 11 is 0. The first-order valence-electron chi connectivity index (χ1n) is 12.0. The monoisotopic (exact) mass is 464 g/mol. The van der Waals surface area contributed by atoms with E-state index in [2.05, 4.69) is 80.9 Å². The van der Waals surface area contributed by atoms with Crippen LogP contribution in [0.5, 0.6) is 0 Å². The molecule has 1 saturated heterocycles. The van der Waals surface area contributed by atoms with Crippen molar-refractivity contribution in [3.8, 4) is 11.1 Å². The van der Waals surface area contributed by atoms with E-state index in [1.54, 1.807) is 4.40 Å². The Morgan fingerprint density at radius 1 is 0.914 bits per heavy atom. The number of piperazine rings is 1. The van der Waals surface area contributed by atoms with Gasteiger partial charge in [-0.1, -0.05) is 42.5 Å². The molecule has 0 bridgehead atoms. The van der Waals surface area contributed by atoms with Crippen molar-refractivity contribution in [2.24, 2.45) is 0 Å². The minimum absolute atomic E-state index is 0.222. The Kier molecular flexibility index (Phi) is 5.47. The number of likely N-dealkylation sites (N-methyl/N-ethyl adjacent to an activating group) is 1. The quantitative estimate of drug-likeness (QED) is 0.408. The van der Waals surface area contributed by atoms with Crippen LogP contribution in [0.3, 0.4) is 0 Å². The van der Waals surface area contributed by atoms with Gasteiger partial charge in [0.25, 0.3) is 0 Å². The number of H-pyrrole nitrogens is 1. The molecule has 176 valence electrons. The van der Waals surface area contributed by atoms with Gasteiger partial charge in [-0.05, 0) is 60.1 Å². The molecule has 0 aliphatic carbocycles. The Balaban J connectivity index is 1.18. The number of nitrogens with one attached hydrogen (secondary N) is 2. The van der Waals surface area contributed by atoms with Crippen molar-refractivity contribution in [2.75, 3.05) is 43.4 Å². The fraction of sp³-hybridized carbons (Fsp3) is 0.214. The Morgan fingerprint density at radius 3 is 2.43 bits per heavy atom. The van der Waals surface area contributed by atoms with E-state index in [-0.39, 0.29) is 5.69 Å². The van der Waals surface area contributed by atoms with Crippen LogP contribution in [-0.2, 0) is 6.54 Å². The van der Waals surface area contributed by atoms with Crippen LogP contribution >= 0.6 is 0 Å². The molecule has 7 heteroatoms. The van der Waals surface area contributed by atoms with E-state index in [0.717, 1.165) is 60.4 Å². The van der Waals surface area contributed by atoms with Gasteiger partial charge in [0.1, 0.15) is 0 Å². The Hall–Kier alpha value is -4.10. The molecule has 2 aromatic heterocycles. The first kappa shape index (κ1) is 21.4. The summed E-state index contributed by atoms with van der Waals surface area (Å²) in [6.07, 6.45) is 0. The molecule has 5 aromatic rings. The van der Waals surface area contributed by atoms with Crippen LogP contribution in [-0.4, -0.2) is 52.7 Å².